The van der Waals surface area contributed by atoms with Crippen LogP contribution in [-0.2, 0) is 13.1 Å². The van der Waals surface area contributed by atoms with Crippen molar-refractivity contribution >= 4 is 59.7 Å². The maximum Gasteiger partial charge on any atom is 0.219 e. The molecule has 14 heteroatoms. The third kappa shape index (κ3) is 11.7. The van der Waals surface area contributed by atoms with E-state index < -0.39 is 0 Å². The quantitative estimate of drug-likeness (QED) is 0.124. The smallest absolute Gasteiger partial charge is 0.219 e. The Hall–Kier alpha value is -7.60. The molecule has 0 amide bonds. The van der Waals surface area contributed by atoms with Gasteiger partial charge in [-0.25, -0.2) is 19.9 Å². The van der Waals surface area contributed by atoms with E-state index in [9.17, 15) is 0 Å². The molecule has 0 saturated heterocycles. The van der Waals surface area contributed by atoms with Crippen molar-refractivity contribution in [2.75, 3.05) is 11.5 Å². The van der Waals surface area contributed by atoms with Crippen molar-refractivity contribution in [1.82, 2.24) is 29.1 Å². The van der Waals surface area contributed by atoms with Crippen molar-refractivity contribution in [3.8, 4) is 68.3 Å². The highest BCUT2D eigenvalue weighted by Crippen LogP contribution is 2.36. The number of rotatable bonds is 12. The zero-order valence-electron chi connectivity index (χ0n) is 36.3. The number of anilines is 2. The number of halogens is 4. The number of nitrogens with zero attached hydrogens (tertiary/aromatic N) is 6. The molecule has 0 aliphatic carbocycles. The van der Waals surface area contributed by atoms with Crippen LogP contribution >= 0.6 is 48.0 Å². The van der Waals surface area contributed by atoms with Crippen molar-refractivity contribution in [3.63, 3.8) is 0 Å². The van der Waals surface area contributed by atoms with Crippen LogP contribution in [0.4, 0.5) is 11.6 Å². The lowest BCUT2D eigenvalue weighted by molar-refractivity contribution is 0.462. The first-order chi connectivity index (χ1) is 32.3. The summed E-state index contributed by atoms with van der Waals surface area (Å²) in [5.41, 5.74) is 21.7. The monoisotopic (exact) mass is 976 g/mol. The first kappa shape index (κ1) is 48.3. The molecular formula is C54H44Cl4N8O2. The molecule has 0 aliphatic rings. The van der Waals surface area contributed by atoms with Gasteiger partial charge in [0.25, 0.3) is 0 Å². The average molecular weight is 979 g/mol. The lowest BCUT2D eigenvalue weighted by Gasteiger charge is -2.15. The Balaban J connectivity index is 0.000000196. The van der Waals surface area contributed by atoms with Gasteiger partial charge >= 0.3 is 0 Å². The van der Waals surface area contributed by atoms with Crippen molar-refractivity contribution in [2.24, 2.45) is 0 Å². The van der Waals surface area contributed by atoms with Gasteiger partial charge in [-0.05, 0) is 132 Å². The van der Waals surface area contributed by atoms with E-state index in [-0.39, 0.29) is 24.8 Å². The molecule has 10 aromatic rings. The van der Waals surface area contributed by atoms with Gasteiger partial charge in [0.1, 0.15) is 23.1 Å². The minimum Gasteiger partial charge on any atom is -0.439 e. The van der Waals surface area contributed by atoms with Crippen LogP contribution in [0.5, 0.6) is 23.3 Å². The predicted octanol–water partition coefficient (Wildman–Crippen LogP) is 14.2. The second-order valence-corrected chi connectivity index (χ2v) is 15.9. The first-order valence-electron chi connectivity index (χ1n) is 21.0. The zero-order valence-corrected chi connectivity index (χ0v) is 39.4. The molecule has 0 aliphatic heterocycles. The van der Waals surface area contributed by atoms with Gasteiger partial charge in [-0.15, -0.1) is 24.8 Å². The lowest BCUT2D eigenvalue weighted by atomic mass is 10.1. The van der Waals surface area contributed by atoms with Gasteiger partial charge in [0.15, 0.2) is 0 Å². The molecule has 10 nitrogen and oxygen atoms in total. The summed E-state index contributed by atoms with van der Waals surface area (Å²) in [7, 11) is 0. The number of pyridine rings is 4. The molecule has 0 unspecified atom stereocenters. The molecule has 340 valence electrons. The maximum absolute atomic E-state index is 6.54. The van der Waals surface area contributed by atoms with Gasteiger partial charge in [-0.3, -0.25) is 0 Å². The summed E-state index contributed by atoms with van der Waals surface area (Å²) in [6.45, 7) is 1.11. The fraction of sp³-hybridized carbons (Fsp3) is 0.0370. The number of nitrogens with two attached hydrogens (primary N) is 2. The molecule has 0 fully saturated rings. The van der Waals surface area contributed by atoms with E-state index in [1.165, 1.54) is 0 Å². The number of ether oxygens (including phenoxy) is 2. The molecule has 0 saturated carbocycles. The number of nitrogen functional groups attached to an aromatic ring is 2. The summed E-state index contributed by atoms with van der Waals surface area (Å²) in [5.74, 6) is 3.55. The van der Waals surface area contributed by atoms with Gasteiger partial charge < -0.3 is 30.1 Å². The molecule has 6 aromatic heterocycles. The minimum absolute atomic E-state index is 0. The Kier molecular flexibility index (Phi) is 16.2. The second-order valence-electron chi connectivity index (χ2n) is 15.0. The summed E-state index contributed by atoms with van der Waals surface area (Å²) < 4.78 is 16.1. The molecule has 6 heterocycles. The lowest BCUT2D eigenvalue weighted by Crippen LogP contribution is -2.06. The van der Waals surface area contributed by atoms with E-state index >= 15 is 0 Å². The number of hydrogen-bond donors (Lipinski definition) is 2. The van der Waals surface area contributed by atoms with Crippen LogP contribution in [0.2, 0.25) is 10.0 Å². The largest absolute Gasteiger partial charge is 0.439 e. The van der Waals surface area contributed by atoms with E-state index in [1.54, 1.807) is 24.5 Å². The highest BCUT2D eigenvalue weighted by Gasteiger charge is 2.17. The molecular weight excluding hydrogens is 934 g/mol. The van der Waals surface area contributed by atoms with Crippen molar-refractivity contribution < 1.29 is 9.47 Å². The van der Waals surface area contributed by atoms with E-state index in [4.69, 9.17) is 44.1 Å². The molecule has 0 radical (unpaired) electrons. The summed E-state index contributed by atoms with van der Waals surface area (Å²) in [6.07, 6.45) is 3.41. The van der Waals surface area contributed by atoms with Crippen LogP contribution in [-0.4, -0.2) is 29.1 Å². The van der Waals surface area contributed by atoms with Crippen molar-refractivity contribution in [3.05, 3.63) is 228 Å². The number of hydrogen-bond acceptors (Lipinski definition) is 8. The van der Waals surface area contributed by atoms with Gasteiger partial charge in [-0.2, -0.15) is 0 Å². The summed E-state index contributed by atoms with van der Waals surface area (Å²) in [5, 5.41) is 1.39. The van der Waals surface area contributed by atoms with E-state index in [0.717, 1.165) is 67.9 Å². The van der Waals surface area contributed by atoms with E-state index in [0.29, 0.717) is 46.5 Å². The Morgan fingerprint density at radius 3 is 1.15 bits per heavy atom. The Bertz CT molecular complexity index is 2990. The van der Waals surface area contributed by atoms with Crippen LogP contribution in [0.3, 0.4) is 0 Å². The molecule has 0 bridgehead atoms. The fourth-order valence-electron chi connectivity index (χ4n) is 7.53. The molecule has 4 N–H and O–H groups in total. The molecule has 0 atom stereocenters. The summed E-state index contributed by atoms with van der Waals surface area (Å²) >= 11 is 13.1. The zero-order chi connectivity index (χ0) is 45.2. The van der Waals surface area contributed by atoms with E-state index in [1.807, 2.05) is 158 Å². The van der Waals surface area contributed by atoms with Crippen molar-refractivity contribution in [1.29, 1.82) is 0 Å². The fourth-order valence-corrected chi connectivity index (χ4v) is 7.99. The molecule has 68 heavy (non-hydrogen) atoms. The molecule has 4 aromatic carbocycles. The van der Waals surface area contributed by atoms with Gasteiger partial charge in [0.2, 0.25) is 11.8 Å². The maximum atomic E-state index is 6.54. The normalized spacial score (nSPS) is 10.5. The van der Waals surface area contributed by atoms with Crippen molar-refractivity contribution in [2.45, 2.75) is 13.1 Å². The van der Waals surface area contributed by atoms with Gasteiger partial charge in [0.05, 0.1) is 35.9 Å². The number of aromatic nitrogens is 6. The summed E-state index contributed by atoms with van der Waals surface area (Å²) in [6, 6.07) is 62.4. The van der Waals surface area contributed by atoms with E-state index in [2.05, 4.69) is 53.3 Å². The standard InChI is InChI=1S/2C27H21ClN4O.2ClH/c2*28-23-8-2-1-7-22(23)25-16-15-24(32(25)18-20-6-5-9-26(29)31-20)19-11-13-21(14-12-19)33-27-10-3-4-17-30-27;;/h2*1-17H,18H2,(H2,29,31);2*1H. The second kappa shape index (κ2) is 22.7. The Morgan fingerprint density at radius 1 is 0.397 bits per heavy atom. The van der Waals surface area contributed by atoms with Crippen LogP contribution < -0.4 is 20.9 Å². The van der Waals surface area contributed by atoms with Crippen LogP contribution in [0.15, 0.2) is 207 Å². The third-order valence-electron chi connectivity index (χ3n) is 10.6. The predicted molar refractivity (Wildman–Crippen MR) is 279 cm³/mol. The average Bonchev–Trinajstić information content (AvgIpc) is 3.95. The Labute approximate surface area is 416 Å². The van der Waals surface area contributed by atoms with Crippen LogP contribution in [0.1, 0.15) is 11.4 Å². The molecule has 0 spiro atoms. The first-order valence-corrected chi connectivity index (χ1v) is 21.8. The van der Waals surface area contributed by atoms with Crippen LogP contribution in [0, 0.1) is 0 Å². The van der Waals surface area contributed by atoms with Gasteiger partial charge in [-0.1, -0.05) is 83.9 Å². The highest BCUT2D eigenvalue weighted by atomic mass is 35.5. The Morgan fingerprint density at radius 2 is 0.779 bits per heavy atom. The minimum atomic E-state index is 0. The summed E-state index contributed by atoms with van der Waals surface area (Å²) in [4.78, 5) is 17.4. The highest BCUT2D eigenvalue weighted by molar-refractivity contribution is 6.33. The third-order valence-corrected chi connectivity index (χ3v) is 11.2. The van der Waals surface area contributed by atoms with Gasteiger partial charge in [0, 0.05) is 57.1 Å². The SMILES string of the molecule is Cl.Cl.Nc1cccc(Cn2c(-c3ccc(Oc4ccccn4)cc3)ccc2-c2ccccc2Cl)n1.Nc1cccc(Cn2c(-c3ccc(Oc4ccccn4)cc3)ccc2-c2ccccc2Cl)n1. The van der Waals surface area contributed by atoms with Crippen LogP contribution in [0.25, 0.3) is 45.0 Å². The number of benzene rings is 4. The molecule has 10 rings (SSSR count). The topological polar surface area (TPSA) is 132 Å².